The highest BCUT2D eigenvalue weighted by atomic mass is 16.2. The molecule has 104 valence electrons. The van der Waals surface area contributed by atoms with Gasteiger partial charge in [-0.05, 0) is 24.7 Å². The maximum atomic E-state index is 12.1. The van der Waals surface area contributed by atoms with Gasteiger partial charge in [0.25, 0.3) is 5.91 Å². The summed E-state index contributed by atoms with van der Waals surface area (Å²) in [5.74, 6) is -0.0618. The normalized spacial score (nSPS) is 10.1. The van der Waals surface area contributed by atoms with Crippen molar-refractivity contribution in [3.05, 3.63) is 35.4 Å². The van der Waals surface area contributed by atoms with Crippen LogP contribution in [0.25, 0.3) is 0 Å². The number of carbonyl (C=O) groups is 2. The van der Waals surface area contributed by atoms with Gasteiger partial charge in [-0.15, -0.1) is 0 Å². The number of hydrogen-bond donors (Lipinski definition) is 2. The van der Waals surface area contributed by atoms with Gasteiger partial charge < -0.3 is 15.5 Å². The van der Waals surface area contributed by atoms with E-state index in [0.29, 0.717) is 18.7 Å². The topological polar surface area (TPSA) is 61.4 Å². The van der Waals surface area contributed by atoms with E-state index in [4.69, 9.17) is 0 Å². The fourth-order valence-electron chi connectivity index (χ4n) is 1.59. The Kier molecular flexibility index (Phi) is 6.02. The van der Waals surface area contributed by atoms with Crippen LogP contribution in [0.15, 0.2) is 24.3 Å². The summed E-state index contributed by atoms with van der Waals surface area (Å²) < 4.78 is 0. The summed E-state index contributed by atoms with van der Waals surface area (Å²) in [5, 5.41) is 5.73. The van der Waals surface area contributed by atoms with Gasteiger partial charge in [0.05, 0.1) is 0 Å². The van der Waals surface area contributed by atoms with Gasteiger partial charge in [-0.1, -0.05) is 12.1 Å². The van der Waals surface area contributed by atoms with Crippen molar-refractivity contribution in [1.29, 1.82) is 0 Å². The highest BCUT2D eigenvalue weighted by Crippen LogP contribution is 2.07. The van der Waals surface area contributed by atoms with Crippen LogP contribution in [0.5, 0.6) is 0 Å². The molecule has 1 rings (SSSR count). The number of nitrogens with one attached hydrogen (secondary N) is 2. The predicted octanol–water partition coefficient (Wildman–Crippen LogP) is 0.614. The van der Waals surface area contributed by atoms with E-state index in [2.05, 4.69) is 10.6 Å². The number of nitrogens with zero attached hydrogens (tertiary/aromatic N) is 1. The quantitative estimate of drug-likeness (QED) is 0.790. The summed E-state index contributed by atoms with van der Waals surface area (Å²) in [5.41, 5.74) is 1.63. The maximum Gasteiger partial charge on any atom is 0.253 e. The summed E-state index contributed by atoms with van der Waals surface area (Å²) in [4.78, 5) is 24.5. The van der Waals surface area contributed by atoms with Gasteiger partial charge >= 0.3 is 0 Å². The number of benzene rings is 1. The molecule has 5 nitrogen and oxygen atoms in total. The summed E-state index contributed by atoms with van der Waals surface area (Å²) in [6.07, 6.45) is 0. The Morgan fingerprint density at radius 2 is 1.84 bits per heavy atom. The van der Waals surface area contributed by atoms with E-state index >= 15 is 0 Å². The first kappa shape index (κ1) is 15.2. The standard InChI is InChI=1S/C14H21N3O2/c1-11(18)16-10-12-4-6-13(7-5-12)14(19)17(3)9-8-15-2/h4-7,15H,8-10H2,1-3H3,(H,16,18). The second kappa shape index (κ2) is 7.53. The van der Waals surface area contributed by atoms with Gasteiger partial charge in [-0.3, -0.25) is 9.59 Å². The number of likely N-dealkylation sites (N-methyl/N-ethyl adjacent to an activating group) is 2. The Balaban J connectivity index is 2.59. The molecule has 0 aliphatic carbocycles. The molecule has 19 heavy (non-hydrogen) atoms. The lowest BCUT2D eigenvalue weighted by atomic mass is 10.1. The van der Waals surface area contributed by atoms with Gasteiger partial charge in [0, 0.05) is 39.2 Å². The van der Waals surface area contributed by atoms with Crippen molar-refractivity contribution in [2.75, 3.05) is 27.2 Å². The molecule has 0 aromatic heterocycles. The third kappa shape index (κ3) is 5.09. The first-order valence-corrected chi connectivity index (χ1v) is 6.28. The van der Waals surface area contributed by atoms with Crippen molar-refractivity contribution >= 4 is 11.8 Å². The second-order valence-corrected chi connectivity index (χ2v) is 4.44. The Labute approximate surface area is 114 Å². The van der Waals surface area contributed by atoms with Gasteiger partial charge in [0.15, 0.2) is 0 Å². The average molecular weight is 263 g/mol. The number of rotatable bonds is 6. The van der Waals surface area contributed by atoms with Crippen molar-refractivity contribution < 1.29 is 9.59 Å². The van der Waals surface area contributed by atoms with Crippen molar-refractivity contribution in [2.45, 2.75) is 13.5 Å². The summed E-state index contributed by atoms with van der Waals surface area (Å²) >= 11 is 0. The number of amides is 2. The molecule has 0 fully saturated rings. The molecule has 2 N–H and O–H groups in total. The summed E-state index contributed by atoms with van der Waals surface area (Å²) in [7, 11) is 3.64. The van der Waals surface area contributed by atoms with Crippen molar-refractivity contribution in [1.82, 2.24) is 15.5 Å². The minimum atomic E-state index is -0.0630. The molecular weight excluding hydrogens is 242 g/mol. The molecule has 1 aromatic carbocycles. The first-order chi connectivity index (χ1) is 9.04. The largest absolute Gasteiger partial charge is 0.352 e. The predicted molar refractivity (Wildman–Crippen MR) is 74.8 cm³/mol. The molecule has 0 radical (unpaired) electrons. The fourth-order valence-corrected chi connectivity index (χ4v) is 1.59. The van der Waals surface area contributed by atoms with Crippen molar-refractivity contribution in [3.8, 4) is 0 Å². The zero-order valence-corrected chi connectivity index (χ0v) is 11.7. The van der Waals surface area contributed by atoms with E-state index in [0.717, 1.165) is 12.1 Å². The van der Waals surface area contributed by atoms with Gasteiger partial charge in [-0.25, -0.2) is 0 Å². The molecule has 0 atom stereocenters. The molecule has 1 aromatic rings. The van der Waals surface area contributed by atoms with Gasteiger partial charge in [0.2, 0.25) is 5.91 Å². The lowest BCUT2D eigenvalue weighted by Crippen LogP contribution is -2.32. The minimum Gasteiger partial charge on any atom is -0.352 e. The van der Waals surface area contributed by atoms with E-state index < -0.39 is 0 Å². The Hall–Kier alpha value is -1.88. The van der Waals surface area contributed by atoms with Crippen LogP contribution in [0.1, 0.15) is 22.8 Å². The van der Waals surface area contributed by atoms with E-state index in [1.54, 1.807) is 24.1 Å². The highest BCUT2D eigenvalue weighted by molar-refractivity contribution is 5.94. The average Bonchev–Trinajstić information content (AvgIpc) is 2.42. The molecule has 0 saturated heterocycles. The zero-order chi connectivity index (χ0) is 14.3. The summed E-state index contributed by atoms with van der Waals surface area (Å²) in [6.45, 7) is 3.40. The van der Waals surface area contributed by atoms with Crippen molar-refractivity contribution in [3.63, 3.8) is 0 Å². The number of carbonyl (C=O) groups excluding carboxylic acids is 2. The van der Waals surface area contributed by atoms with Crippen LogP contribution in [0.2, 0.25) is 0 Å². The van der Waals surface area contributed by atoms with Crippen LogP contribution >= 0.6 is 0 Å². The number of hydrogen-bond acceptors (Lipinski definition) is 3. The van der Waals surface area contributed by atoms with Gasteiger partial charge in [-0.2, -0.15) is 0 Å². The Morgan fingerprint density at radius 3 is 2.37 bits per heavy atom. The molecule has 2 amide bonds. The molecule has 0 aliphatic heterocycles. The second-order valence-electron chi connectivity index (χ2n) is 4.44. The molecular formula is C14H21N3O2. The van der Waals surface area contributed by atoms with Crippen LogP contribution in [0.4, 0.5) is 0 Å². The summed E-state index contributed by atoms with van der Waals surface area (Å²) in [6, 6.07) is 7.29. The first-order valence-electron chi connectivity index (χ1n) is 6.28. The molecule has 0 saturated carbocycles. The zero-order valence-electron chi connectivity index (χ0n) is 11.7. The van der Waals surface area contributed by atoms with Crippen LogP contribution < -0.4 is 10.6 Å². The Morgan fingerprint density at radius 1 is 1.21 bits per heavy atom. The minimum absolute atomic E-state index is 0.00123. The lowest BCUT2D eigenvalue weighted by Gasteiger charge is -2.17. The Bertz CT molecular complexity index is 429. The lowest BCUT2D eigenvalue weighted by molar-refractivity contribution is -0.119. The van der Waals surface area contributed by atoms with E-state index in [1.807, 2.05) is 19.2 Å². The van der Waals surface area contributed by atoms with Crippen LogP contribution in [-0.4, -0.2) is 43.9 Å². The van der Waals surface area contributed by atoms with Crippen LogP contribution in [-0.2, 0) is 11.3 Å². The van der Waals surface area contributed by atoms with E-state index in [1.165, 1.54) is 6.92 Å². The monoisotopic (exact) mass is 263 g/mol. The third-order valence-corrected chi connectivity index (χ3v) is 2.79. The smallest absolute Gasteiger partial charge is 0.253 e. The SMILES string of the molecule is CNCCN(C)C(=O)c1ccc(CNC(C)=O)cc1. The third-order valence-electron chi connectivity index (χ3n) is 2.79. The van der Waals surface area contributed by atoms with Crippen LogP contribution in [0, 0.1) is 0 Å². The van der Waals surface area contributed by atoms with Crippen LogP contribution in [0.3, 0.4) is 0 Å². The van der Waals surface area contributed by atoms with E-state index in [9.17, 15) is 9.59 Å². The van der Waals surface area contributed by atoms with E-state index in [-0.39, 0.29) is 11.8 Å². The van der Waals surface area contributed by atoms with Crippen molar-refractivity contribution in [2.24, 2.45) is 0 Å². The van der Waals surface area contributed by atoms with Gasteiger partial charge in [0.1, 0.15) is 0 Å². The molecule has 0 bridgehead atoms. The molecule has 0 unspecified atom stereocenters. The maximum absolute atomic E-state index is 12.1. The molecule has 5 heteroatoms. The molecule has 0 heterocycles. The fraction of sp³-hybridized carbons (Fsp3) is 0.429. The molecule has 0 spiro atoms. The highest BCUT2D eigenvalue weighted by Gasteiger charge is 2.10. The molecule has 0 aliphatic rings.